The predicted molar refractivity (Wildman–Crippen MR) is 111 cm³/mol. The zero-order chi connectivity index (χ0) is 19.9. The van der Waals surface area contributed by atoms with Crippen molar-refractivity contribution in [2.45, 2.75) is 37.3 Å². The molecule has 0 aliphatic carbocycles. The van der Waals surface area contributed by atoms with Gasteiger partial charge < -0.3 is 14.6 Å². The first-order valence-corrected chi connectivity index (χ1v) is 10.1. The molecule has 1 N–H and O–H groups in total. The minimum Gasteiger partial charge on any atom is -0.497 e. The van der Waals surface area contributed by atoms with E-state index < -0.39 is 0 Å². The van der Waals surface area contributed by atoms with Gasteiger partial charge in [0.05, 0.1) is 12.4 Å². The molecule has 0 fully saturated rings. The molecule has 0 saturated carbocycles. The summed E-state index contributed by atoms with van der Waals surface area (Å²) in [6.07, 6.45) is 0. The van der Waals surface area contributed by atoms with E-state index in [1.807, 2.05) is 73.0 Å². The normalized spacial score (nSPS) is 11.8. The number of methoxy groups -OCH3 is 1. The average Bonchev–Trinajstić information content (AvgIpc) is 3.15. The van der Waals surface area contributed by atoms with E-state index in [0.29, 0.717) is 6.54 Å². The van der Waals surface area contributed by atoms with Crippen molar-refractivity contribution in [1.29, 1.82) is 0 Å². The Labute approximate surface area is 169 Å². The maximum Gasteiger partial charge on any atom is 0.233 e. The Hall–Kier alpha value is -2.80. The molecule has 28 heavy (non-hydrogen) atoms. The average molecular weight is 397 g/mol. The molecule has 0 unspecified atom stereocenters. The van der Waals surface area contributed by atoms with Crippen LogP contribution in [0.25, 0.3) is 11.4 Å². The standard InChI is InChI=1S/C21H24N4O2S/c1-4-25-19(17-8-6-5-7-9-17)23-24-21(25)28-15(2)20(26)22-14-16-10-12-18(27-3)13-11-16/h5-13,15H,4,14H2,1-3H3,(H,22,26)/t15-/m1/s1. The quantitative estimate of drug-likeness (QED) is 0.587. The van der Waals surface area contributed by atoms with Crippen LogP contribution in [0.1, 0.15) is 19.4 Å². The van der Waals surface area contributed by atoms with Crippen LogP contribution < -0.4 is 10.1 Å². The maximum absolute atomic E-state index is 12.5. The fourth-order valence-electron chi connectivity index (χ4n) is 2.75. The number of thioether (sulfide) groups is 1. The Bertz CT molecular complexity index is 910. The molecule has 2 aromatic carbocycles. The molecule has 1 heterocycles. The molecule has 0 saturated heterocycles. The van der Waals surface area contributed by atoms with E-state index in [1.165, 1.54) is 11.8 Å². The summed E-state index contributed by atoms with van der Waals surface area (Å²) >= 11 is 1.42. The number of hydrogen-bond donors (Lipinski definition) is 1. The largest absolute Gasteiger partial charge is 0.497 e. The molecule has 0 aliphatic rings. The monoisotopic (exact) mass is 396 g/mol. The van der Waals surface area contributed by atoms with Crippen molar-refractivity contribution >= 4 is 17.7 Å². The van der Waals surface area contributed by atoms with Crippen LogP contribution in [0.5, 0.6) is 5.75 Å². The van der Waals surface area contributed by atoms with Crippen molar-refractivity contribution in [3.8, 4) is 17.1 Å². The van der Waals surface area contributed by atoms with E-state index in [4.69, 9.17) is 4.74 Å². The Morgan fingerprint density at radius 3 is 2.50 bits per heavy atom. The number of rotatable bonds is 8. The Balaban J connectivity index is 1.62. The molecule has 146 valence electrons. The second-order valence-corrected chi connectivity index (χ2v) is 7.55. The Kier molecular flexibility index (Phi) is 6.71. The third kappa shape index (κ3) is 4.72. The summed E-state index contributed by atoms with van der Waals surface area (Å²) in [7, 11) is 1.63. The lowest BCUT2D eigenvalue weighted by Gasteiger charge is -2.13. The van der Waals surface area contributed by atoms with Gasteiger partial charge in [0.25, 0.3) is 0 Å². The zero-order valence-corrected chi connectivity index (χ0v) is 17.1. The summed E-state index contributed by atoms with van der Waals surface area (Å²) in [5.41, 5.74) is 2.04. The Morgan fingerprint density at radius 2 is 1.86 bits per heavy atom. The van der Waals surface area contributed by atoms with Crippen LogP contribution in [0.2, 0.25) is 0 Å². The lowest BCUT2D eigenvalue weighted by atomic mass is 10.2. The summed E-state index contributed by atoms with van der Waals surface area (Å²) in [4.78, 5) is 12.5. The van der Waals surface area contributed by atoms with E-state index in [1.54, 1.807) is 7.11 Å². The number of aromatic nitrogens is 3. The SMILES string of the molecule is CCn1c(S[C@H](C)C(=O)NCc2ccc(OC)cc2)nnc1-c1ccccc1. The third-order valence-electron chi connectivity index (χ3n) is 4.34. The molecule has 3 aromatic rings. The third-order valence-corrected chi connectivity index (χ3v) is 5.42. The van der Waals surface area contributed by atoms with Crippen LogP contribution in [0.15, 0.2) is 59.8 Å². The highest BCUT2D eigenvalue weighted by atomic mass is 32.2. The molecule has 0 spiro atoms. The van der Waals surface area contributed by atoms with E-state index in [9.17, 15) is 4.79 Å². The van der Waals surface area contributed by atoms with Crippen molar-refractivity contribution in [3.05, 3.63) is 60.2 Å². The van der Waals surface area contributed by atoms with Crippen LogP contribution in [-0.4, -0.2) is 33.0 Å². The van der Waals surface area contributed by atoms with Gasteiger partial charge in [0, 0.05) is 18.7 Å². The van der Waals surface area contributed by atoms with Crippen LogP contribution >= 0.6 is 11.8 Å². The van der Waals surface area contributed by atoms with E-state index in [-0.39, 0.29) is 11.2 Å². The minimum atomic E-state index is -0.281. The number of hydrogen-bond acceptors (Lipinski definition) is 5. The van der Waals surface area contributed by atoms with Gasteiger partial charge in [-0.25, -0.2) is 0 Å². The van der Waals surface area contributed by atoms with Gasteiger partial charge in [-0.3, -0.25) is 4.79 Å². The minimum absolute atomic E-state index is 0.0345. The van der Waals surface area contributed by atoms with Gasteiger partial charge in [-0.15, -0.1) is 10.2 Å². The summed E-state index contributed by atoms with van der Waals surface area (Å²) in [5.74, 6) is 1.58. The summed E-state index contributed by atoms with van der Waals surface area (Å²) in [5, 5.41) is 12.1. The molecule has 1 amide bonds. The predicted octanol–water partition coefficient (Wildman–Crippen LogP) is 3.77. The molecule has 0 aliphatic heterocycles. The molecule has 1 atom stereocenters. The molecule has 0 bridgehead atoms. The number of amides is 1. The highest BCUT2D eigenvalue weighted by molar-refractivity contribution is 8.00. The number of nitrogens with one attached hydrogen (secondary N) is 1. The number of nitrogens with zero attached hydrogens (tertiary/aromatic N) is 3. The smallest absolute Gasteiger partial charge is 0.233 e. The lowest BCUT2D eigenvalue weighted by molar-refractivity contribution is -0.120. The van der Waals surface area contributed by atoms with Crippen molar-refractivity contribution in [1.82, 2.24) is 20.1 Å². The van der Waals surface area contributed by atoms with Crippen molar-refractivity contribution in [2.24, 2.45) is 0 Å². The van der Waals surface area contributed by atoms with Gasteiger partial charge in [-0.05, 0) is 31.5 Å². The summed E-state index contributed by atoms with van der Waals surface area (Å²) < 4.78 is 7.18. The van der Waals surface area contributed by atoms with Crippen molar-refractivity contribution < 1.29 is 9.53 Å². The highest BCUT2D eigenvalue weighted by Crippen LogP contribution is 2.26. The molecule has 1 aromatic heterocycles. The zero-order valence-electron chi connectivity index (χ0n) is 16.3. The fourth-order valence-corrected chi connectivity index (χ4v) is 3.69. The number of carbonyl (C=O) groups is 1. The van der Waals surface area contributed by atoms with Crippen molar-refractivity contribution in [2.75, 3.05) is 7.11 Å². The van der Waals surface area contributed by atoms with E-state index in [0.717, 1.165) is 34.4 Å². The van der Waals surface area contributed by atoms with Crippen LogP contribution in [0.3, 0.4) is 0 Å². The van der Waals surface area contributed by atoms with Crippen molar-refractivity contribution in [3.63, 3.8) is 0 Å². The Morgan fingerprint density at radius 1 is 1.14 bits per heavy atom. The molecular weight excluding hydrogens is 372 g/mol. The number of benzene rings is 2. The van der Waals surface area contributed by atoms with Gasteiger partial charge in [0.15, 0.2) is 11.0 Å². The van der Waals surface area contributed by atoms with Gasteiger partial charge in [0.2, 0.25) is 5.91 Å². The first-order valence-electron chi connectivity index (χ1n) is 9.18. The molecule has 7 heteroatoms. The van der Waals surface area contributed by atoms with E-state index >= 15 is 0 Å². The van der Waals surface area contributed by atoms with Crippen LogP contribution in [0.4, 0.5) is 0 Å². The van der Waals surface area contributed by atoms with Crippen LogP contribution in [0, 0.1) is 0 Å². The van der Waals surface area contributed by atoms with Gasteiger partial charge in [-0.1, -0.05) is 54.2 Å². The molecule has 0 radical (unpaired) electrons. The van der Waals surface area contributed by atoms with Gasteiger partial charge in [-0.2, -0.15) is 0 Å². The molecular formula is C21H24N4O2S. The second kappa shape index (κ2) is 9.41. The first kappa shape index (κ1) is 19.9. The molecule has 6 nitrogen and oxygen atoms in total. The lowest BCUT2D eigenvalue weighted by Crippen LogP contribution is -2.30. The summed E-state index contributed by atoms with van der Waals surface area (Å²) in [6.45, 7) is 5.14. The van der Waals surface area contributed by atoms with Gasteiger partial charge in [0.1, 0.15) is 5.75 Å². The summed E-state index contributed by atoms with van der Waals surface area (Å²) in [6, 6.07) is 17.6. The first-order chi connectivity index (χ1) is 13.6. The fraction of sp³-hybridized carbons (Fsp3) is 0.286. The molecule has 3 rings (SSSR count). The number of carbonyl (C=O) groups excluding carboxylic acids is 1. The van der Waals surface area contributed by atoms with Gasteiger partial charge >= 0.3 is 0 Å². The van der Waals surface area contributed by atoms with E-state index in [2.05, 4.69) is 15.5 Å². The maximum atomic E-state index is 12.5. The van der Waals surface area contributed by atoms with Crippen LogP contribution in [-0.2, 0) is 17.9 Å². The number of ether oxygens (including phenoxy) is 1. The highest BCUT2D eigenvalue weighted by Gasteiger charge is 2.20. The topological polar surface area (TPSA) is 69.0 Å². The second-order valence-electron chi connectivity index (χ2n) is 6.24.